The molecule has 0 bridgehead atoms. The second kappa shape index (κ2) is 7.24. The Bertz CT molecular complexity index is 643. The highest BCUT2D eigenvalue weighted by Crippen LogP contribution is 2.21. The molecule has 120 valence electrons. The third-order valence-electron chi connectivity index (χ3n) is 3.96. The summed E-state index contributed by atoms with van der Waals surface area (Å²) in [4.78, 5) is 16.5. The summed E-state index contributed by atoms with van der Waals surface area (Å²) in [5.41, 5.74) is 0.696. The molecule has 5 nitrogen and oxygen atoms in total. The average molecular weight is 311 g/mol. The van der Waals surface area contributed by atoms with Gasteiger partial charge < -0.3 is 15.4 Å². The summed E-state index contributed by atoms with van der Waals surface area (Å²) in [7, 11) is 0. The van der Waals surface area contributed by atoms with Gasteiger partial charge in [0, 0.05) is 18.0 Å². The van der Waals surface area contributed by atoms with E-state index >= 15 is 0 Å². The number of ether oxygens (including phenoxy) is 1. The zero-order valence-electron chi connectivity index (χ0n) is 13.2. The van der Waals surface area contributed by atoms with Crippen molar-refractivity contribution in [2.75, 3.05) is 11.9 Å². The average Bonchev–Trinajstić information content (AvgIpc) is 2.57. The van der Waals surface area contributed by atoms with Crippen molar-refractivity contribution >= 4 is 11.6 Å². The van der Waals surface area contributed by atoms with Crippen LogP contribution >= 0.6 is 0 Å². The number of amides is 1. The molecule has 2 aromatic rings. The van der Waals surface area contributed by atoms with Gasteiger partial charge in [-0.05, 0) is 44.5 Å². The Morgan fingerprint density at radius 2 is 2.09 bits per heavy atom. The molecule has 2 atom stereocenters. The first-order valence-corrected chi connectivity index (χ1v) is 7.94. The molecule has 1 saturated heterocycles. The van der Waals surface area contributed by atoms with Gasteiger partial charge in [-0.25, -0.2) is 4.98 Å². The molecule has 1 amide bonds. The van der Waals surface area contributed by atoms with Crippen LogP contribution in [-0.2, 0) is 4.79 Å². The standard InChI is InChI=1S/C18H21N3O2/c1-13-11-14(9-10-19-13)18(22)21-15-7-8-17(20-12-15)23-16-5-3-2-4-6-16/h2-8,12-14,19H,9-11H2,1H3,(H,21,22)/t13-,14-/m0/s1. The highest BCUT2D eigenvalue weighted by atomic mass is 16.5. The number of pyridine rings is 1. The highest BCUT2D eigenvalue weighted by molar-refractivity contribution is 5.92. The summed E-state index contributed by atoms with van der Waals surface area (Å²) < 4.78 is 5.64. The molecule has 2 heterocycles. The number of rotatable bonds is 4. The van der Waals surface area contributed by atoms with Crippen LogP contribution in [-0.4, -0.2) is 23.5 Å². The van der Waals surface area contributed by atoms with Crippen molar-refractivity contribution in [3.05, 3.63) is 48.7 Å². The second-order valence-electron chi connectivity index (χ2n) is 5.87. The summed E-state index contributed by atoms with van der Waals surface area (Å²) in [6.45, 7) is 3.00. The lowest BCUT2D eigenvalue weighted by Crippen LogP contribution is -2.40. The van der Waals surface area contributed by atoms with E-state index in [9.17, 15) is 4.79 Å². The van der Waals surface area contributed by atoms with Crippen LogP contribution in [0.4, 0.5) is 5.69 Å². The van der Waals surface area contributed by atoms with Gasteiger partial charge in [0.25, 0.3) is 0 Å². The molecule has 1 aliphatic heterocycles. The molecular formula is C18H21N3O2. The number of hydrogen-bond donors (Lipinski definition) is 2. The minimum atomic E-state index is 0.0616. The number of carbonyl (C=O) groups excluding carboxylic acids is 1. The van der Waals surface area contributed by atoms with Crippen LogP contribution in [0.2, 0.25) is 0 Å². The molecule has 23 heavy (non-hydrogen) atoms. The van der Waals surface area contributed by atoms with E-state index in [0.717, 1.165) is 25.1 Å². The molecule has 1 aromatic heterocycles. The van der Waals surface area contributed by atoms with Crippen molar-refractivity contribution < 1.29 is 9.53 Å². The number of piperidine rings is 1. The van der Waals surface area contributed by atoms with Crippen LogP contribution < -0.4 is 15.4 Å². The topological polar surface area (TPSA) is 63.2 Å². The van der Waals surface area contributed by atoms with Crippen LogP contribution in [0.5, 0.6) is 11.6 Å². The van der Waals surface area contributed by atoms with E-state index in [1.54, 1.807) is 12.3 Å². The molecule has 0 saturated carbocycles. The molecule has 0 spiro atoms. The summed E-state index contributed by atoms with van der Waals surface area (Å²) in [6.07, 6.45) is 3.37. The molecule has 0 aliphatic carbocycles. The molecular weight excluding hydrogens is 290 g/mol. The van der Waals surface area contributed by atoms with Gasteiger partial charge in [0.05, 0.1) is 11.9 Å². The maximum Gasteiger partial charge on any atom is 0.227 e. The van der Waals surface area contributed by atoms with Crippen LogP contribution in [0.3, 0.4) is 0 Å². The molecule has 3 rings (SSSR count). The van der Waals surface area contributed by atoms with Gasteiger partial charge in [0.15, 0.2) is 0 Å². The Balaban J connectivity index is 1.58. The lowest BCUT2D eigenvalue weighted by atomic mass is 9.92. The van der Waals surface area contributed by atoms with Crippen molar-refractivity contribution in [2.45, 2.75) is 25.8 Å². The van der Waals surface area contributed by atoms with E-state index in [1.807, 2.05) is 36.4 Å². The predicted octanol–water partition coefficient (Wildman–Crippen LogP) is 3.20. The first-order valence-electron chi connectivity index (χ1n) is 7.94. The molecule has 1 fully saturated rings. The van der Waals surface area contributed by atoms with Crippen LogP contribution in [0.15, 0.2) is 48.7 Å². The van der Waals surface area contributed by atoms with E-state index in [2.05, 4.69) is 22.5 Å². The number of nitrogens with zero attached hydrogens (tertiary/aromatic N) is 1. The van der Waals surface area contributed by atoms with Crippen LogP contribution in [0.25, 0.3) is 0 Å². The number of anilines is 1. The van der Waals surface area contributed by atoms with Gasteiger partial charge in [0.1, 0.15) is 5.75 Å². The number of aromatic nitrogens is 1. The molecule has 0 radical (unpaired) electrons. The number of para-hydroxylation sites is 1. The SMILES string of the molecule is C[C@H]1C[C@@H](C(=O)Nc2ccc(Oc3ccccc3)nc2)CCN1. The molecule has 0 unspecified atom stereocenters. The normalized spacial score (nSPS) is 20.7. The zero-order chi connectivity index (χ0) is 16.1. The summed E-state index contributed by atoms with van der Waals surface area (Å²) >= 11 is 0. The van der Waals surface area contributed by atoms with E-state index in [1.165, 1.54) is 0 Å². The zero-order valence-corrected chi connectivity index (χ0v) is 13.2. The smallest absolute Gasteiger partial charge is 0.227 e. The monoisotopic (exact) mass is 311 g/mol. The van der Waals surface area contributed by atoms with Crippen molar-refractivity contribution in [1.82, 2.24) is 10.3 Å². The van der Waals surface area contributed by atoms with Crippen molar-refractivity contribution in [2.24, 2.45) is 5.92 Å². The fourth-order valence-corrected chi connectivity index (χ4v) is 2.74. The maximum absolute atomic E-state index is 12.3. The number of nitrogens with one attached hydrogen (secondary N) is 2. The quantitative estimate of drug-likeness (QED) is 0.910. The minimum Gasteiger partial charge on any atom is -0.439 e. The van der Waals surface area contributed by atoms with Crippen molar-refractivity contribution in [1.29, 1.82) is 0 Å². The van der Waals surface area contributed by atoms with Crippen molar-refractivity contribution in [3.8, 4) is 11.6 Å². The van der Waals surface area contributed by atoms with E-state index in [0.29, 0.717) is 17.6 Å². The van der Waals surface area contributed by atoms with Gasteiger partial charge >= 0.3 is 0 Å². The van der Waals surface area contributed by atoms with Gasteiger partial charge in [0.2, 0.25) is 11.8 Å². The van der Waals surface area contributed by atoms with E-state index in [4.69, 9.17) is 4.74 Å². The van der Waals surface area contributed by atoms with E-state index in [-0.39, 0.29) is 11.8 Å². The first-order chi connectivity index (χ1) is 11.2. The lowest BCUT2D eigenvalue weighted by molar-refractivity contribution is -0.120. The first kappa shape index (κ1) is 15.5. The number of carbonyl (C=O) groups is 1. The van der Waals surface area contributed by atoms with Gasteiger partial charge in [-0.2, -0.15) is 0 Å². The third kappa shape index (κ3) is 4.29. The number of benzene rings is 1. The minimum absolute atomic E-state index is 0.0616. The molecule has 5 heteroatoms. The molecule has 2 N–H and O–H groups in total. The maximum atomic E-state index is 12.3. The highest BCUT2D eigenvalue weighted by Gasteiger charge is 2.24. The Kier molecular flexibility index (Phi) is 4.88. The van der Waals surface area contributed by atoms with Crippen LogP contribution in [0.1, 0.15) is 19.8 Å². The van der Waals surface area contributed by atoms with Gasteiger partial charge in [-0.15, -0.1) is 0 Å². The number of hydrogen-bond acceptors (Lipinski definition) is 4. The second-order valence-corrected chi connectivity index (χ2v) is 5.87. The lowest BCUT2D eigenvalue weighted by Gasteiger charge is -2.27. The Morgan fingerprint density at radius 1 is 1.26 bits per heavy atom. The molecule has 1 aliphatic rings. The Morgan fingerprint density at radius 3 is 2.78 bits per heavy atom. The predicted molar refractivity (Wildman–Crippen MR) is 89.6 cm³/mol. The van der Waals surface area contributed by atoms with Crippen LogP contribution in [0, 0.1) is 5.92 Å². The van der Waals surface area contributed by atoms with E-state index < -0.39 is 0 Å². The third-order valence-corrected chi connectivity index (χ3v) is 3.96. The largest absolute Gasteiger partial charge is 0.439 e. The van der Waals surface area contributed by atoms with Gasteiger partial charge in [-0.3, -0.25) is 4.79 Å². The fourth-order valence-electron chi connectivity index (χ4n) is 2.74. The fraction of sp³-hybridized carbons (Fsp3) is 0.333. The summed E-state index contributed by atoms with van der Waals surface area (Å²) in [5.74, 6) is 1.37. The van der Waals surface area contributed by atoms with Gasteiger partial charge in [-0.1, -0.05) is 18.2 Å². The Hall–Kier alpha value is -2.40. The summed E-state index contributed by atoms with van der Waals surface area (Å²) in [6, 6.07) is 13.4. The summed E-state index contributed by atoms with van der Waals surface area (Å²) in [5, 5.41) is 6.29. The molecule has 1 aromatic carbocycles. The Labute approximate surface area is 136 Å². The van der Waals surface area contributed by atoms with Crippen molar-refractivity contribution in [3.63, 3.8) is 0 Å².